The largest absolute Gasteiger partial charge is 0.416 e. The van der Waals surface area contributed by atoms with Crippen LogP contribution >= 0.6 is 16.9 Å². The van der Waals surface area contributed by atoms with Crippen LogP contribution in [-0.4, -0.2) is 11.6 Å². The Kier molecular flexibility index (Phi) is 8.05. The number of carbonyl (C=O) groups excluding carboxylic acids is 2. The zero-order valence-corrected chi connectivity index (χ0v) is 18.9. The first-order chi connectivity index (χ1) is 15.7. The SMILES string of the molecule is O=C(c1ccccc1)c1ccccc1[P+](=O)c1ccccc1C(=O)c1ccccc1.O=P. The van der Waals surface area contributed by atoms with Crippen LogP contribution in [0.1, 0.15) is 31.8 Å². The van der Waals surface area contributed by atoms with E-state index in [1.165, 1.54) is 0 Å². The molecule has 0 amide bonds. The lowest BCUT2D eigenvalue weighted by Crippen LogP contribution is -2.20. The van der Waals surface area contributed by atoms with Crippen molar-refractivity contribution in [3.63, 3.8) is 0 Å². The highest BCUT2D eigenvalue weighted by Gasteiger charge is 2.33. The van der Waals surface area contributed by atoms with Crippen molar-refractivity contribution in [3.8, 4) is 0 Å². The van der Waals surface area contributed by atoms with Gasteiger partial charge in [0.2, 0.25) is 10.6 Å². The fraction of sp³-hybridized carbons (Fsp3) is 0. The highest BCUT2D eigenvalue weighted by molar-refractivity contribution is 7.61. The highest BCUT2D eigenvalue weighted by atomic mass is 31.1. The standard InChI is InChI=1S/C26H18O3P.HOP/c27-25(19-11-3-1-4-12-19)21-15-7-9-17-23(21)30(29)24-18-10-8-16-22(24)26(28)20-13-5-2-6-14-20;1-2/h1-18H;2H/q+1;. The molecule has 0 aliphatic rings. The van der Waals surface area contributed by atoms with Crippen LogP contribution in [0.2, 0.25) is 0 Å². The van der Waals surface area contributed by atoms with E-state index in [-0.39, 0.29) is 11.6 Å². The second-order valence-electron chi connectivity index (χ2n) is 6.72. The van der Waals surface area contributed by atoms with E-state index in [1.54, 1.807) is 106 Å². The number of hydrogen-bond acceptors (Lipinski definition) is 4. The minimum Gasteiger partial charge on any atom is -0.288 e. The summed E-state index contributed by atoms with van der Waals surface area (Å²) in [4.78, 5) is 26.1. The summed E-state index contributed by atoms with van der Waals surface area (Å²) in [7, 11) is -0.427. The van der Waals surface area contributed by atoms with Crippen molar-refractivity contribution in [2.45, 2.75) is 0 Å². The van der Waals surface area contributed by atoms with Gasteiger partial charge in [0.1, 0.15) is 9.12 Å². The van der Waals surface area contributed by atoms with Crippen LogP contribution in [0.15, 0.2) is 109 Å². The highest BCUT2D eigenvalue weighted by Crippen LogP contribution is 2.26. The fourth-order valence-electron chi connectivity index (χ4n) is 3.31. The molecule has 0 atom stereocenters. The average molecular weight is 457 g/mol. The van der Waals surface area contributed by atoms with Gasteiger partial charge in [0.05, 0.1) is 11.1 Å². The monoisotopic (exact) mass is 457 g/mol. The molecule has 0 spiro atoms. The minimum atomic E-state index is -2.15. The van der Waals surface area contributed by atoms with Crippen molar-refractivity contribution < 1.29 is 18.7 Å². The van der Waals surface area contributed by atoms with Crippen molar-refractivity contribution in [3.05, 3.63) is 131 Å². The molecule has 0 saturated heterocycles. The molecular weight excluding hydrogens is 438 g/mol. The van der Waals surface area contributed by atoms with E-state index in [1.807, 2.05) is 12.1 Å². The third-order valence-corrected chi connectivity index (χ3v) is 6.46. The predicted molar refractivity (Wildman–Crippen MR) is 129 cm³/mol. The summed E-state index contributed by atoms with van der Waals surface area (Å²) in [5, 5.41) is 0.851. The lowest BCUT2D eigenvalue weighted by molar-refractivity contribution is 0.103. The van der Waals surface area contributed by atoms with Gasteiger partial charge in [0, 0.05) is 11.1 Å². The number of carbonyl (C=O) groups is 2. The van der Waals surface area contributed by atoms with Gasteiger partial charge in [-0.3, -0.25) is 14.2 Å². The Hall–Kier alpha value is -3.58. The van der Waals surface area contributed by atoms with Crippen LogP contribution in [0.5, 0.6) is 0 Å². The summed E-state index contributed by atoms with van der Waals surface area (Å²) in [6.07, 6.45) is 0. The maximum Gasteiger partial charge on any atom is 0.416 e. The average Bonchev–Trinajstić information content (AvgIpc) is 2.89. The molecule has 0 fully saturated rings. The van der Waals surface area contributed by atoms with Crippen molar-refractivity contribution in [2.24, 2.45) is 0 Å². The summed E-state index contributed by atoms with van der Waals surface area (Å²) in [6, 6.07) is 31.6. The predicted octanol–water partition coefficient (Wildman–Crippen LogP) is 5.40. The Morgan fingerprint density at radius 3 is 1.19 bits per heavy atom. The Morgan fingerprint density at radius 1 is 0.500 bits per heavy atom. The molecule has 156 valence electrons. The number of benzene rings is 4. The molecule has 4 rings (SSSR count). The summed E-state index contributed by atoms with van der Waals surface area (Å²) in [5.74, 6) is -0.386. The van der Waals surface area contributed by atoms with Crippen LogP contribution in [-0.2, 0) is 9.13 Å². The summed E-state index contributed by atoms with van der Waals surface area (Å²) >= 11 is 0. The summed E-state index contributed by atoms with van der Waals surface area (Å²) in [5.41, 5.74) is 1.82. The second-order valence-corrected chi connectivity index (χ2v) is 8.27. The first kappa shape index (κ1) is 23.1. The zero-order chi connectivity index (χ0) is 22.9. The van der Waals surface area contributed by atoms with Gasteiger partial charge in [-0.05, 0) is 24.3 Å². The van der Waals surface area contributed by atoms with Crippen LogP contribution in [0.3, 0.4) is 0 Å². The number of ketones is 2. The molecule has 4 nitrogen and oxygen atoms in total. The van der Waals surface area contributed by atoms with E-state index in [9.17, 15) is 14.2 Å². The molecule has 0 aliphatic carbocycles. The Morgan fingerprint density at radius 2 is 0.812 bits per heavy atom. The van der Waals surface area contributed by atoms with E-state index in [0.717, 1.165) is 0 Å². The molecule has 0 bridgehead atoms. The second kappa shape index (κ2) is 11.2. The Balaban J connectivity index is 0.00000141. The minimum absolute atomic E-state index is 0.193. The van der Waals surface area contributed by atoms with E-state index in [2.05, 4.69) is 0 Å². The van der Waals surface area contributed by atoms with Gasteiger partial charge in [-0.15, -0.1) is 0 Å². The number of hydrogen-bond donors (Lipinski definition) is 0. The summed E-state index contributed by atoms with van der Waals surface area (Å²) < 4.78 is 21.7. The summed E-state index contributed by atoms with van der Waals surface area (Å²) in [6.45, 7) is 0. The third-order valence-electron chi connectivity index (χ3n) is 4.81. The third kappa shape index (κ3) is 5.00. The molecule has 0 aliphatic heterocycles. The maximum atomic E-state index is 13.6. The van der Waals surface area contributed by atoms with Gasteiger partial charge < -0.3 is 0 Å². The van der Waals surface area contributed by atoms with Crippen molar-refractivity contribution in [1.82, 2.24) is 0 Å². The fourth-order valence-corrected chi connectivity index (χ4v) is 4.80. The van der Waals surface area contributed by atoms with Gasteiger partial charge >= 0.3 is 7.80 Å². The van der Waals surface area contributed by atoms with Crippen LogP contribution < -0.4 is 10.6 Å². The first-order valence-electron chi connectivity index (χ1n) is 9.72. The van der Waals surface area contributed by atoms with Crippen LogP contribution in [0.25, 0.3) is 0 Å². The molecule has 0 radical (unpaired) electrons. The van der Waals surface area contributed by atoms with Gasteiger partial charge in [0.15, 0.2) is 11.6 Å². The van der Waals surface area contributed by atoms with E-state index < -0.39 is 7.80 Å². The van der Waals surface area contributed by atoms with E-state index >= 15 is 0 Å². The molecule has 0 N–H and O–H groups in total. The topological polar surface area (TPSA) is 68.3 Å². The molecule has 0 unspecified atom stereocenters. The molecule has 0 heterocycles. The molecule has 6 heteroatoms. The molecule has 0 saturated carbocycles. The van der Waals surface area contributed by atoms with E-state index in [4.69, 9.17) is 4.57 Å². The van der Waals surface area contributed by atoms with Gasteiger partial charge in [-0.25, -0.2) is 0 Å². The molecule has 4 aromatic carbocycles. The van der Waals surface area contributed by atoms with Gasteiger partial charge in [-0.2, -0.15) is 0 Å². The Bertz CT molecular complexity index is 1160. The van der Waals surface area contributed by atoms with Crippen molar-refractivity contribution in [2.75, 3.05) is 0 Å². The zero-order valence-electron chi connectivity index (χ0n) is 17.0. The first-order valence-corrected chi connectivity index (χ1v) is 11.4. The molecular formula is C26H19O4P2+. The van der Waals surface area contributed by atoms with Crippen molar-refractivity contribution in [1.29, 1.82) is 0 Å². The van der Waals surface area contributed by atoms with Crippen LogP contribution in [0.4, 0.5) is 0 Å². The van der Waals surface area contributed by atoms with Gasteiger partial charge in [-0.1, -0.05) is 89.5 Å². The Labute approximate surface area is 189 Å². The van der Waals surface area contributed by atoms with Gasteiger partial charge in [0.25, 0.3) is 0 Å². The normalized spacial score (nSPS) is 9.88. The van der Waals surface area contributed by atoms with Crippen molar-refractivity contribution >= 4 is 39.1 Å². The lowest BCUT2D eigenvalue weighted by atomic mass is 10.0. The number of rotatable bonds is 6. The quantitative estimate of drug-likeness (QED) is 0.287. The smallest absolute Gasteiger partial charge is 0.288 e. The maximum absolute atomic E-state index is 13.6. The molecule has 0 aromatic heterocycles. The van der Waals surface area contributed by atoms with Crippen LogP contribution in [0, 0.1) is 0 Å². The lowest BCUT2D eigenvalue weighted by Gasteiger charge is -2.04. The molecule has 4 aromatic rings. The molecule has 32 heavy (non-hydrogen) atoms. The van der Waals surface area contributed by atoms with E-state index in [0.29, 0.717) is 32.9 Å².